The summed E-state index contributed by atoms with van der Waals surface area (Å²) in [6.07, 6.45) is -0.315. The summed E-state index contributed by atoms with van der Waals surface area (Å²) in [7, 11) is 5.52. The highest BCUT2D eigenvalue weighted by Gasteiger charge is 2.59. The van der Waals surface area contributed by atoms with Crippen LogP contribution < -0.4 is 15.0 Å². The molecule has 1 N–H and O–H groups in total. The van der Waals surface area contributed by atoms with E-state index < -0.39 is 18.1 Å². The third-order valence-electron chi connectivity index (χ3n) is 7.42. The summed E-state index contributed by atoms with van der Waals surface area (Å²) in [6.45, 7) is 0.527. The van der Waals surface area contributed by atoms with E-state index in [2.05, 4.69) is 5.32 Å². The fourth-order valence-corrected chi connectivity index (χ4v) is 5.26. The van der Waals surface area contributed by atoms with Crippen molar-refractivity contribution in [3.8, 4) is 5.75 Å². The second-order valence-corrected chi connectivity index (χ2v) is 10.3. The number of methoxy groups -OCH3 is 1. The average Bonchev–Trinajstić information content (AvgIpc) is 3.44. The Hall–Kier alpha value is -4.21. The lowest BCUT2D eigenvalue weighted by Crippen LogP contribution is -2.41. The Bertz CT molecular complexity index is 1340. The average molecular weight is 543 g/mol. The first-order valence-electron chi connectivity index (χ1n) is 13.3. The first-order valence-corrected chi connectivity index (χ1v) is 13.3. The molecule has 2 heterocycles. The molecule has 9 nitrogen and oxygen atoms in total. The van der Waals surface area contributed by atoms with Crippen LogP contribution in [-0.4, -0.2) is 68.1 Å². The molecule has 5 rings (SSSR count). The van der Waals surface area contributed by atoms with Crippen LogP contribution in [0.3, 0.4) is 0 Å². The van der Waals surface area contributed by atoms with Gasteiger partial charge in [0.2, 0.25) is 11.8 Å². The zero-order chi connectivity index (χ0) is 28.2. The van der Waals surface area contributed by atoms with Gasteiger partial charge in [-0.15, -0.1) is 0 Å². The maximum absolute atomic E-state index is 13.6. The second kappa shape index (κ2) is 11.9. The van der Waals surface area contributed by atoms with E-state index in [1.807, 2.05) is 97.9 Å². The molecule has 2 fully saturated rings. The van der Waals surface area contributed by atoms with E-state index in [0.29, 0.717) is 13.0 Å². The highest BCUT2D eigenvalue weighted by atomic mass is 16.7. The molecule has 3 unspecified atom stereocenters. The van der Waals surface area contributed by atoms with Gasteiger partial charge in [0.25, 0.3) is 5.91 Å². The number of fused-ring (bicyclic) bond motifs is 1. The summed E-state index contributed by atoms with van der Waals surface area (Å²) in [5, 5.41) is 4.43. The maximum atomic E-state index is 13.6. The van der Waals surface area contributed by atoms with Crippen molar-refractivity contribution in [1.82, 2.24) is 15.3 Å². The molecule has 3 amide bonds. The molecule has 0 spiro atoms. The maximum Gasteiger partial charge on any atom is 0.261 e. The van der Waals surface area contributed by atoms with Gasteiger partial charge in [0.1, 0.15) is 12.3 Å². The first kappa shape index (κ1) is 27.4. The van der Waals surface area contributed by atoms with Crippen molar-refractivity contribution < 1.29 is 24.0 Å². The number of benzene rings is 3. The van der Waals surface area contributed by atoms with E-state index in [1.165, 1.54) is 9.96 Å². The normalized spacial score (nSPS) is 20.5. The summed E-state index contributed by atoms with van der Waals surface area (Å²) >= 11 is 0. The topological polar surface area (TPSA) is 91.4 Å². The number of carbonyl (C=O) groups is 3. The Morgan fingerprint density at radius 3 is 2.27 bits per heavy atom. The number of amides is 3. The number of nitrogens with one attached hydrogen (secondary N) is 1. The number of hydrogen-bond donors (Lipinski definition) is 1. The molecule has 0 saturated carbocycles. The molecular formula is C31H34N4O5. The summed E-state index contributed by atoms with van der Waals surface area (Å²) in [5.41, 5.74) is 3.75. The van der Waals surface area contributed by atoms with Gasteiger partial charge in [0.15, 0.2) is 6.10 Å². The number of ether oxygens (including phenoxy) is 1. The summed E-state index contributed by atoms with van der Waals surface area (Å²) < 4.78 is 5.19. The monoisotopic (exact) mass is 542 g/mol. The number of nitrogens with zero attached hydrogens (tertiary/aromatic N) is 3. The van der Waals surface area contributed by atoms with Gasteiger partial charge in [-0.05, 0) is 47.4 Å². The van der Waals surface area contributed by atoms with Crippen LogP contribution in [-0.2, 0) is 32.2 Å². The summed E-state index contributed by atoms with van der Waals surface area (Å²) in [4.78, 5) is 49.3. The predicted octanol–water partition coefficient (Wildman–Crippen LogP) is 2.96. The Labute approximate surface area is 234 Å². The van der Waals surface area contributed by atoms with Crippen LogP contribution in [0.1, 0.15) is 22.7 Å². The zero-order valence-electron chi connectivity index (χ0n) is 22.9. The molecule has 208 valence electrons. The number of anilines is 1. The van der Waals surface area contributed by atoms with Crippen molar-refractivity contribution in [3.63, 3.8) is 0 Å². The van der Waals surface area contributed by atoms with Crippen LogP contribution in [0.15, 0.2) is 78.9 Å². The Morgan fingerprint density at radius 2 is 1.62 bits per heavy atom. The number of hydroxylamine groups is 2. The predicted molar refractivity (Wildman–Crippen MR) is 150 cm³/mol. The fourth-order valence-electron chi connectivity index (χ4n) is 5.26. The molecular weight excluding hydrogens is 508 g/mol. The van der Waals surface area contributed by atoms with Gasteiger partial charge in [-0.1, -0.05) is 54.6 Å². The van der Waals surface area contributed by atoms with Crippen molar-refractivity contribution in [3.05, 3.63) is 95.6 Å². The van der Waals surface area contributed by atoms with E-state index in [0.717, 1.165) is 28.1 Å². The SMILES string of the molecule is COc1ccc(CCNC(=O)CN2OC3C(=O)N(Cc4ccccc4)C(=O)C3C2c2ccc(N(C)C)cc2)cc1. The fraction of sp³-hybridized carbons (Fsp3) is 0.323. The van der Waals surface area contributed by atoms with Gasteiger partial charge in [-0.25, -0.2) is 0 Å². The van der Waals surface area contributed by atoms with Crippen molar-refractivity contribution >= 4 is 23.4 Å². The third-order valence-corrected chi connectivity index (χ3v) is 7.42. The molecule has 0 bridgehead atoms. The zero-order valence-corrected chi connectivity index (χ0v) is 22.9. The molecule has 2 aliphatic rings. The minimum atomic E-state index is -0.971. The lowest BCUT2D eigenvalue weighted by Gasteiger charge is -2.27. The van der Waals surface area contributed by atoms with Gasteiger partial charge in [0, 0.05) is 26.3 Å². The highest BCUT2D eigenvalue weighted by Crippen LogP contribution is 2.45. The van der Waals surface area contributed by atoms with E-state index in [1.54, 1.807) is 7.11 Å². The van der Waals surface area contributed by atoms with Crippen LogP contribution in [0.2, 0.25) is 0 Å². The lowest BCUT2D eigenvalue weighted by molar-refractivity contribution is -0.182. The van der Waals surface area contributed by atoms with Crippen LogP contribution in [0, 0.1) is 5.92 Å². The van der Waals surface area contributed by atoms with Gasteiger partial charge in [-0.2, -0.15) is 5.06 Å². The quantitative estimate of drug-likeness (QED) is 0.394. The molecule has 9 heteroatoms. The van der Waals surface area contributed by atoms with E-state index in [-0.39, 0.29) is 30.8 Å². The standard InChI is InChI=1S/C31H34N4O5/c1-33(2)24-13-11-23(12-14-24)28-27-29(31(38)34(30(27)37)19-22-7-5-4-6-8-22)40-35(28)20-26(36)32-18-17-21-9-15-25(39-3)16-10-21/h4-16,27-29H,17-20H2,1-3H3,(H,32,36). The molecule has 0 radical (unpaired) electrons. The Morgan fingerprint density at radius 1 is 0.925 bits per heavy atom. The first-order chi connectivity index (χ1) is 19.4. The number of likely N-dealkylation sites (tertiary alicyclic amines) is 1. The third kappa shape index (κ3) is 5.71. The molecule has 3 aromatic rings. The van der Waals surface area contributed by atoms with Crippen molar-refractivity contribution in [2.45, 2.75) is 25.1 Å². The van der Waals surface area contributed by atoms with Gasteiger partial charge in [-0.3, -0.25) is 24.1 Å². The van der Waals surface area contributed by atoms with Crippen molar-refractivity contribution in [2.75, 3.05) is 39.2 Å². The van der Waals surface area contributed by atoms with E-state index >= 15 is 0 Å². The summed E-state index contributed by atoms with van der Waals surface area (Å²) in [6, 6.07) is 24.3. The molecule has 40 heavy (non-hydrogen) atoms. The van der Waals surface area contributed by atoms with Crippen molar-refractivity contribution in [2.24, 2.45) is 5.92 Å². The van der Waals surface area contributed by atoms with E-state index in [4.69, 9.17) is 9.57 Å². The largest absolute Gasteiger partial charge is 0.497 e. The second-order valence-electron chi connectivity index (χ2n) is 10.3. The Kier molecular flexibility index (Phi) is 8.14. The van der Waals surface area contributed by atoms with Crippen LogP contribution in [0.25, 0.3) is 0 Å². The lowest BCUT2D eigenvalue weighted by atomic mass is 9.90. The van der Waals surface area contributed by atoms with E-state index in [9.17, 15) is 14.4 Å². The smallest absolute Gasteiger partial charge is 0.261 e. The number of rotatable bonds is 10. The van der Waals surface area contributed by atoms with Crippen LogP contribution in [0.4, 0.5) is 5.69 Å². The molecule has 0 aliphatic carbocycles. The minimum Gasteiger partial charge on any atom is -0.497 e. The van der Waals surface area contributed by atoms with Crippen LogP contribution in [0.5, 0.6) is 5.75 Å². The summed E-state index contributed by atoms with van der Waals surface area (Å²) in [5.74, 6) is -0.877. The highest BCUT2D eigenvalue weighted by molar-refractivity contribution is 6.07. The number of imide groups is 1. The molecule has 2 aliphatic heterocycles. The van der Waals surface area contributed by atoms with Crippen LogP contribution >= 0.6 is 0 Å². The Balaban J connectivity index is 1.31. The minimum absolute atomic E-state index is 0.102. The van der Waals surface area contributed by atoms with Crippen molar-refractivity contribution in [1.29, 1.82) is 0 Å². The molecule has 0 aromatic heterocycles. The number of carbonyl (C=O) groups excluding carboxylic acids is 3. The van der Waals surface area contributed by atoms with Gasteiger partial charge in [0.05, 0.1) is 25.6 Å². The van der Waals surface area contributed by atoms with Gasteiger partial charge < -0.3 is 15.0 Å². The number of hydrogen-bond acceptors (Lipinski definition) is 7. The molecule has 2 saturated heterocycles. The molecule has 3 aromatic carbocycles. The molecule has 3 atom stereocenters. The van der Waals surface area contributed by atoms with Gasteiger partial charge >= 0.3 is 0 Å².